The van der Waals surface area contributed by atoms with Crippen molar-refractivity contribution in [3.05, 3.63) is 95.0 Å². The van der Waals surface area contributed by atoms with Crippen molar-refractivity contribution in [2.75, 3.05) is 12.0 Å². The summed E-state index contributed by atoms with van der Waals surface area (Å²) in [6, 6.07) is 22.7. The first-order valence-electron chi connectivity index (χ1n) is 10.9. The minimum Gasteiger partial charge on any atom is -0.497 e. The summed E-state index contributed by atoms with van der Waals surface area (Å²) in [7, 11) is 1.62. The van der Waals surface area contributed by atoms with Crippen molar-refractivity contribution in [3.63, 3.8) is 0 Å². The van der Waals surface area contributed by atoms with Gasteiger partial charge in [-0.3, -0.25) is 19.1 Å². The maximum atomic E-state index is 13.4. The van der Waals surface area contributed by atoms with Gasteiger partial charge in [0.15, 0.2) is 5.13 Å². The second-order valence-corrected chi connectivity index (χ2v) is 8.81. The predicted molar refractivity (Wildman–Crippen MR) is 134 cm³/mol. The van der Waals surface area contributed by atoms with E-state index in [-0.39, 0.29) is 24.4 Å². The third-order valence-electron chi connectivity index (χ3n) is 5.60. The molecule has 0 atom stereocenters. The van der Waals surface area contributed by atoms with Crippen LogP contribution in [0.3, 0.4) is 0 Å². The fraction of sp³-hybridized carbons (Fsp3) is 0.154. The van der Waals surface area contributed by atoms with Crippen molar-refractivity contribution in [2.24, 2.45) is 0 Å². The van der Waals surface area contributed by atoms with E-state index in [1.165, 1.54) is 22.2 Å². The zero-order chi connectivity index (χ0) is 23.5. The van der Waals surface area contributed by atoms with Crippen LogP contribution in [0.5, 0.6) is 5.75 Å². The first kappa shape index (κ1) is 21.8. The number of rotatable bonds is 7. The quantitative estimate of drug-likeness (QED) is 0.346. The van der Waals surface area contributed by atoms with Crippen molar-refractivity contribution in [1.82, 2.24) is 14.5 Å². The Hall–Kier alpha value is -4.04. The van der Waals surface area contributed by atoms with Crippen LogP contribution in [0.4, 0.5) is 5.13 Å². The monoisotopic (exact) mass is 470 g/mol. The van der Waals surface area contributed by atoms with Gasteiger partial charge in [-0.1, -0.05) is 53.8 Å². The summed E-state index contributed by atoms with van der Waals surface area (Å²) in [4.78, 5) is 37.0. The highest BCUT2D eigenvalue weighted by molar-refractivity contribution is 7.22. The number of methoxy groups -OCH3 is 1. The molecule has 0 fully saturated rings. The molecule has 8 heteroatoms. The van der Waals surface area contributed by atoms with E-state index in [9.17, 15) is 9.59 Å². The molecule has 0 saturated carbocycles. The Labute approximate surface area is 199 Å². The molecular weight excluding hydrogens is 448 g/mol. The maximum absolute atomic E-state index is 13.4. The lowest BCUT2D eigenvalue weighted by Crippen LogP contribution is -2.32. The lowest BCUT2D eigenvalue weighted by Gasteiger charge is -2.20. The Bertz CT molecular complexity index is 1530. The topological polar surface area (TPSA) is 77.3 Å². The largest absolute Gasteiger partial charge is 0.497 e. The van der Waals surface area contributed by atoms with Gasteiger partial charge in [0.2, 0.25) is 5.91 Å². The molecule has 0 aliphatic heterocycles. The molecule has 0 unspecified atom stereocenters. The van der Waals surface area contributed by atoms with Gasteiger partial charge in [0.25, 0.3) is 5.56 Å². The number of aryl methyl sites for hydroxylation is 1. The third-order valence-corrected chi connectivity index (χ3v) is 6.64. The summed E-state index contributed by atoms with van der Waals surface area (Å²) in [5, 5.41) is 1.15. The van der Waals surface area contributed by atoms with Crippen LogP contribution in [0.25, 0.3) is 21.1 Å². The van der Waals surface area contributed by atoms with Crippen LogP contribution in [0, 0.1) is 0 Å². The normalized spacial score (nSPS) is 11.1. The number of benzene rings is 3. The van der Waals surface area contributed by atoms with E-state index < -0.39 is 0 Å². The number of ether oxygens (including phenoxy) is 1. The zero-order valence-electron chi connectivity index (χ0n) is 18.5. The molecule has 5 aromatic rings. The van der Waals surface area contributed by atoms with E-state index in [2.05, 4.69) is 4.98 Å². The van der Waals surface area contributed by atoms with E-state index in [1.54, 1.807) is 24.1 Å². The molecule has 0 aliphatic rings. The Kier molecular flexibility index (Phi) is 6.05. The summed E-state index contributed by atoms with van der Waals surface area (Å²) >= 11 is 1.44. The van der Waals surface area contributed by atoms with Crippen molar-refractivity contribution in [3.8, 4) is 5.75 Å². The minimum absolute atomic E-state index is 0.116. The predicted octanol–water partition coefficient (Wildman–Crippen LogP) is 4.64. The molecule has 0 radical (unpaired) electrons. The van der Waals surface area contributed by atoms with Gasteiger partial charge in [0, 0.05) is 13.0 Å². The second-order valence-electron chi connectivity index (χ2n) is 7.81. The summed E-state index contributed by atoms with van der Waals surface area (Å²) < 4.78 is 7.75. The van der Waals surface area contributed by atoms with Crippen molar-refractivity contribution in [1.29, 1.82) is 0 Å². The third kappa shape index (κ3) is 4.40. The van der Waals surface area contributed by atoms with E-state index in [0.717, 1.165) is 21.5 Å². The molecule has 0 aliphatic carbocycles. The molecule has 7 nitrogen and oxygen atoms in total. The average molecular weight is 471 g/mol. The van der Waals surface area contributed by atoms with Crippen LogP contribution in [0.15, 0.2) is 83.9 Å². The zero-order valence-corrected chi connectivity index (χ0v) is 19.4. The molecule has 0 spiro atoms. The lowest BCUT2D eigenvalue weighted by molar-refractivity contribution is -0.119. The Morgan fingerprint density at radius 1 is 1.03 bits per heavy atom. The number of carbonyl (C=O) groups is 1. The number of thiazole rings is 1. The lowest BCUT2D eigenvalue weighted by atomic mass is 10.2. The smallest absolute Gasteiger partial charge is 0.261 e. The molecule has 170 valence electrons. The number of hydrogen-bond acceptors (Lipinski definition) is 6. The van der Waals surface area contributed by atoms with Gasteiger partial charge in [0.05, 0.1) is 41.1 Å². The molecule has 0 bridgehead atoms. The summed E-state index contributed by atoms with van der Waals surface area (Å²) in [6.07, 6.45) is 1.65. The first-order chi connectivity index (χ1) is 16.6. The molecule has 1 amide bonds. The fourth-order valence-electron chi connectivity index (χ4n) is 3.78. The van der Waals surface area contributed by atoms with Gasteiger partial charge < -0.3 is 4.74 Å². The van der Waals surface area contributed by atoms with Crippen LogP contribution in [-0.2, 0) is 17.9 Å². The number of fused-ring (bicyclic) bond motifs is 2. The number of anilines is 1. The van der Waals surface area contributed by atoms with Crippen LogP contribution in [0.1, 0.15) is 12.0 Å². The summed E-state index contributed by atoms with van der Waals surface area (Å²) in [5.74, 6) is 0.627. The highest BCUT2D eigenvalue weighted by Gasteiger charge is 2.21. The van der Waals surface area contributed by atoms with Gasteiger partial charge in [0.1, 0.15) is 5.75 Å². The number of hydrogen-bond donors (Lipinski definition) is 0. The molecule has 3 aromatic carbocycles. The van der Waals surface area contributed by atoms with Gasteiger partial charge in [-0.25, -0.2) is 9.97 Å². The van der Waals surface area contributed by atoms with E-state index in [0.29, 0.717) is 22.6 Å². The van der Waals surface area contributed by atoms with Crippen molar-refractivity contribution >= 4 is 43.5 Å². The number of aromatic nitrogens is 3. The molecule has 34 heavy (non-hydrogen) atoms. The number of para-hydroxylation sites is 1. The molecular formula is C26H22N4O3S. The van der Waals surface area contributed by atoms with E-state index >= 15 is 0 Å². The molecule has 2 aromatic heterocycles. The van der Waals surface area contributed by atoms with Crippen molar-refractivity contribution in [2.45, 2.75) is 19.5 Å². The summed E-state index contributed by atoms with van der Waals surface area (Å²) in [6.45, 7) is 0.626. The van der Waals surface area contributed by atoms with Gasteiger partial charge >= 0.3 is 0 Å². The van der Waals surface area contributed by atoms with Crippen molar-refractivity contribution < 1.29 is 9.53 Å². The Morgan fingerprint density at radius 2 is 1.82 bits per heavy atom. The number of carbonyl (C=O) groups excluding carboxylic acids is 1. The van der Waals surface area contributed by atoms with Crippen LogP contribution < -0.4 is 15.2 Å². The van der Waals surface area contributed by atoms with Crippen LogP contribution in [-0.4, -0.2) is 27.6 Å². The van der Waals surface area contributed by atoms with Crippen LogP contribution in [0.2, 0.25) is 0 Å². The fourth-order valence-corrected chi connectivity index (χ4v) is 4.79. The second kappa shape index (κ2) is 9.44. The highest BCUT2D eigenvalue weighted by Crippen LogP contribution is 2.32. The van der Waals surface area contributed by atoms with Gasteiger partial charge in [-0.05, 0) is 35.9 Å². The first-order valence-corrected chi connectivity index (χ1v) is 11.7. The molecule has 2 heterocycles. The van der Waals surface area contributed by atoms with Gasteiger partial charge in [-0.2, -0.15) is 0 Å². The Balaban J connectivity index is 1.43. The molecule has 5 rings (SSSR count). The molecule has 0 N–H and O–H groups in total. The average Bonchev–Trinajstić information content (AvgIpc) is 3.30. The van der Waals surface area contributed by atoms with Gasteiger partial charge in [-0.15, -0.1) is 0 Å². The number of nitrogens with zero attached hydrogens (tertiary/aromatic N) is 4. The van der Waals surface area contributed by atoms with E-state index in [1.807, 2.05) is 60.7 Å². The van der Waals surface area contributed by atoms with Crippen LogP contribution >= 0.6 is 11.3 Å². The minimum atomic E-state index is -0.153. The highest BCUT2D eigenvalue weighted by atomic mass is 32.1. The standard InChI is InChI=1S/C26H22N4O3S/c1-33-19-11-12-22-23(15-19)34-26(28-22)30(16-18-7-3-2-4-8-18)24(31)13-14-29-17-27-21-10-6-5-9-20(21)25(29)32/h2-12,15,17H,13-14,16H2,1H3. The number of amides is 1. The maximum Gasteiger partial charge on any atom is 0.261 e. The van der Waals surface area contributed by atoms with E-state index in [4.69, 9.17) is 9.72 Å². The summed E-state index contributed by atoms with van der Waals surface area (Å²) in [5.41, 5.74) is 2.30. The molecule has 0 saturated heterocycles. The SMILES string of the molecule is COc1ccc2nc(N(Cc3ccccc3)C(=O)CCn3cnc4ccccc4c3=O)sc2c1. The Morgan fingerprint density at radius 3 is 2.65 bits per heavy atom.